The van der Waals surface area contributed by atoms with Gasteiger partial charge in [0.25, 0.3) is 5.91 Å². The Labute approximate surface area is 147 Å². The van der Waals surface area contributed by atoms with Crippen molar-refractivity contribution >= 4 is 11.8 Å². The van der Waals surface area contributed by atoms with Crippen LogP contribution in [-0.2, 0) is 11.3 Å². The fourth-order valence-corrected chi connectivity index (χ4v) is 2.34. The molecule has 0 aliphatic heterocycles. The number of hydrogen-bond acceptors (Lipinski definition) is 4. The second-order valence-corrected chi connectivity index (χ2v) is 5.49. The predicted molar refractivity (Wildman–Crippen MR) is 94.8 cm³/mol. The van der Waals surface area contributed by atoms with Gasteiger partial charge >= 0.3 is 0 Å². The van der Waals surface area contributed by atoms with Crippen molar-refractivity contribution < 1.29 is 19.1 Å². The highest BCUT2D eigenvalue weighted by Gasteiger charge is 2.14. The van der Waals surface area contributed by atoms with Gasteiger partial charge in [-0.1, -0.05) is 24.3 Å². The molecule has 2 aromatic rings. The molecule has 132 valence electrons. The topological polar surface area (TPSA) is 67.9 Å². The Morgan fingerprint density at radius 2 is 1.68 bits per heavy atom. The minimum atomic E-state index is -0.235. The summed E-state index contributed by atoms with van der Waals surface area (Å²) >= 11 is 0. The zero-order chi connectivity index (χ0) is 18.2. The molecule has 0 radical (unpaired) electrons. The molecule has 2 rings (SSSR count). The van der Waals surface area contributed by atoms with Crippen molar-refractivity contribution in [2.45, 2.75) is 6.54 Å². The van der Waals surface area contributed by atoms with Gasteiger partial charge in [0.2, 0.25) is 5.91 Å². The molecular formula is C19H22N2O4. The lowest BCUT2D eigenvalue weighted by Gasteiger charge is -2.17. The minimum absolute atomic E-state index is 0.0129. The van der Waals surface area contributed by atoms with Crippen molar-refractivity contribution in [1.29, 1.82) is 0 Å². The van der Waals surface area contributed by atoms with E-state index < -0.39 is 0 Å². The number of carbonyl (C=O) groups is 2. The maximum absolute atomic E-state index is 12.2. The predicted octanol–water partition coefficient (Wildman–Crippen LogP) is 2.09. The third kappa shape index (κ3) is 4.97. The fraction of sp³-hybridized carbons (Fsp3) is 0.263. The molecule has 6 nitrogen and oxygen atoms in total. The molecule has 2 aromatic carbocycles. The van der Waals surface area contributed by atoms with Crippen LogP contribution in [0.4, 0.5) is 0 Å². The van der Waals surface area contributed by atoms with Crippen LogP contribution >= 0.6 is 0 Å². The van der Waals surface area contributed by atoms with E-state index >= 15 is 0 Å². The smallest absolute Gasteiger partial charge is 0.254 e. The summed E-state index contributed by atoms with van der Waals surface area (Å²) in [7, 11) is 4.73. The molecular weight excluding hydrogens is 320 g/mol. The van der Waals surface area contributed by atoms with Crippen LogP contribution in [0.5, 0.6) is 11.5 Å². The second kappa shape index (κ2) is 8.73. The SMILES string of the molecule is COc1ccc(CNC(=O)CN(C)C(=O)c2ccccc2)cc1OC. The maximum Gasteiger partial charge on any atom is 0.254 e. The molecule has 25 heavy (non-hydrogen) atoms. The highest BCUT2D eigenvalue weighted by Crippen LogP contribution is 2.27. The maximum atomic E-state index is 12.2. The molecule has 0 spiro atoms. The van der Waals surface area contributed by atoms with Gasteiger partial charge in [0.15, 0.2) is 11.5 Å². The van der Waals surface area contributed by atoms with Crippen molar-refractivity contribution in [3.8, 4) is 11.5 Å². The molecule has 0 aliphatic carbocycles. The Kier molecular flexibility index (Phi) is 6.39. The summed E-state index contributed by atoms with van der Waals surface area (Å²) in [6.45, 7) is 0.327. The molecule has 0 aliphatic rings. The van der Waals surface area contributed by atoms with Gasteiger partial charge in [-0.2, -0.15) is 0 Å². The van der Waals surface area contributed by atoms with Gasteiger partial charge in [-0.25, -0.2) is 0 Å². The third-order valence-corrected chi connectivity index (χ3v) is 3.69. The van der Waals surface area contributed by atoms with Crippen molar-refractivity contribution in [2.75, 3.05) is 27.8 Å². The second-order valence-electron chi connectivity index (χ2n) is 5.49. The van der Waals surface area contributed by atoms with Gasteiger partial charge in [0.05, 0.1) is 20.8 Å². The normalized spacial score (nSPS) is 10.0. The summed E-state index contributed by atoms with van der Waals surface area (Å²) in [5.41, 5.74) is 1.43. The first-order valence-electron chi connectivity index (χ1n) is 7.83. The number of hydrogen-bond donors (Lipinski definition) is 1. The summed E-state index contributed by atoms with van der Waals surface area (Å²) in [6.07, 6.45) is 0. The molecule has 0 fully saturated rings. The molecule has 0 aromatic heterocycles. The largest absolute Gasteiger partial charge is 0.493 e. The van der Waals surface area contributed by atoms with Gasteiger partial charge in [0.1, 0.15) is 0 Å². The first-order chi connectivity index (χ1) is 12.0. The first-order valence-corrected chi connectivity index (χ1v) is 7.83. The van der Waals surface area contributed by atoms with Gasteiger partial charge < -0.3 is 19.7 Å². The summed E-state index contributed by atoms with van der Waals surface area (Å²) < 4.78 is 10.4. The Morgan fingerprint density at radius 1 is 1.00 bits per heavy atom. The Hall–Kier alpha value is -3.02. The molecule has 1 N–H and O–H groups in total. The number of nitrogens with zero attached hydrogens (tertiary/aromatic N) is 1. The fourth-order valence-electron chi connectivity index (χ4n) is 2.34. The quantitative estimate of drug-likeness (QED) is 0.837. The molecule has 2 amide bonds. The van der Waals surface area contributed by atoms with Crippen molar-refractivity contribution in [1.82, 2.24) is 10.2 Å². The molecule has 0 bridgehead atoms. The van der Waals surface area contributed by atoms with Crippen LogP contribution < -0.4 is 14.8 Å². The number of benzene rings is 2. The zero-order valence-corrected chi connectivity index (χ0v) is 14.6. The Morgan fingerprint density at radius 3 is 2.32 bits per heavy atom. The van der Waals surface area contributed by atoms with Crippen LogP contribution in [0.3, 0.4) is 0 Å². The number of nitrogens with one attached hydrogen (secondary N) is 1. The van der Waals surface area contributed by atoms with Gasteiger partial charge in [-0.15, -0.1) is 0 Å². The van der Waals surface area contributed by atoms with Crippen molar-refractivity contribution in [3.63, 3.8) is 0 Å². The Bertz CT molecular complexity index is 731. The molecule has 6 heteroatoms. The van der Waals surface area contributed by atoms with E-state index in [-0.39, 0.29) is 18.4 Å². The van der Waals surface area contributed by atoms with Gasteiger partial charge in [-0.3, -0.25) is 9.59 Å². The van der Waals surface area contributed by atoms with Gasteiger partial charge in [0, 0.05) is 19.2 Å². The molecule has 0 heterocycles. The average Bonchev–Trinajstić information content (AvgIpc) is 2.66. The lowest BCUT2D eigenvalue weighted by atomic mass is 10.2. The molecule has 0 atom stereocenters. The van der Waals surface area contributed by atoms with E-state index in [1.165, 1.54) is 4.90 Å². The Balaban J connectivity index is 1.89. The highest BCUT2D eigenvalue weighted by atomic mass is 16.5. The van der Waals surface area contributed by atoms with Crippen LogP contribution in [-0.4, -0.2) is 44.5 Å². The van der Waals surface area contributed by atoms with E-state index in [2.05, 4.69) is 5.32 Å². The summed E-state index contributed by atoms with van der Waals surface area (Å²) in [4.78, 5) is 25.7. The monoisotopic (exact) mass is 342 g/mol. The molecule has 0 saturated heterocycles. The number of carbonyl (C=O) groups excluding carboxylic acids is 2. The number of likely N-dealkylation sites (N-methyl/N-ethyl adjacent to an activating group) is 1. The van der Waals surface area contributed by atoms with Crippen LogP contribution in [0.1, 0.15) is 15.9 Å². The van der Waals surface area contributed by atoms with E-state index in [4.69, 9.17) is 9.47 Å². The summed E-state index contributed by atoms with van der Waals surface area (Å²) in [5, 5.41) is 2.80. The van der Waals surface area contributed by atoms with Crippen LogP contribution in [0.15, 0.2) is 48.5 Å². The third-order valence-electron chi connectivity index (χ3n) is 3.69. The standard InChI is InChI=1S/C19H22N2O4/c1-21(19(23)15-7-5-4-6-8-15)13-18(22)20-12-14-9-10-16(24-2)17(11-14)25-3/h4-11H,12-13H2,1-3H3,(H,20,22). The number of rotatable bonds is 7. The van der Waals surface area contributed by atoms with Crippen LogP contribution in [0, 0.1) is 0 Å². The van der Waals surface area contributed by atoms with Gasteiger partial charge in [-0.05, 0) is 29.8 Å². The van der Waals surface area contributed by atoms with E-state index in [1.807, 2.05) is 12.1 Å². The summed E-state index contributed by atoms with van der Waals surface area (Å²) in [6, 6.07) is 14.3. The van der Waals surface area contributed by atoms with Crippen molar-refractivity contribution in [3.05, 3.63) is 59.7 Å². The highest BCUT2D eigenvalue weighted by molar-refractivity contribution is 5.96. The van der Waals surface area contributed by atoms with E-state index in [1.54, 1.807) is 57.7 Å². The number of methoxy groups -OCH3 is 2. The first kappa shape index (κ1) is 18.3. The zero-order valence-electron chi connectivity index (χ0n) is 14.6. The van der Waals surface area contributed by atoms with Crippen LogP contribution in [0.2, 0.25) is 0 Å². The van der Waals surface area contributed by atoms with E-state index in [0.717, 1.165) is 5.56 Å². The number of ether oxygens (including phenoxy) is 2. The lowest BCUT2D eigenvalue weighted by molar-refractivity contribution is -0.121. The molecule has 0 unspecified atom stereocenters. The van der Waals surface area contributed by atoms with Crippen molar-refractivity contribution in [2.24, 2.45) is 0 Å². The lowest BCUT2D eigenvalue weighted by Crippen LogP contribution is -2.38. The van der Waals surface area contributed by atoms with E-state index in [0.29, 0.717) is 23.6 Å². The average molecular weight is 342 g/mol. The van der Waals surface area contributed by atoms with E-state index in [9.17, 15) is 9.59 Å². The number of amides is 2. The van der Waals surface area contributed by atoms with Crippen LogP contribution in [0.25, 0.3) is 0 Å². The molecule has 0 saturated carbocycles. The minimum Gasteiger partial charge on any atom is -0.493 e. The summed E-state index contributed by atoms with van der Waals surface area (Å²) in [5.74, 6) is 0.805.